The Morgan fingerprint density at radius 3 is 2.88 bits per heavy atom. The van der Waals surface area contributed by atoms with Crippen LogP contribution in [0.3, 0.4) is 0 Å². The minimum atomic E-state index is -0.706. The molecule has 1 aromatic carbocycles. The maximum Gasteiger partial charge on any atom is 0.254 e. The highest BCUT2D eigenvalue weighted by molar-refractivity contribution is 6.31. The van der Waals surface area contributed by atoms with Gasteiger partial charge in [-0.2, -0.15) is 0 Å². The van der Waals surface area contributed by atoms with Gasteiger partial charge in [0.25, 0.3) is 5.91 Å². The van der Waals surface area contributed by atoms with Crippen molar-refractivity contribution in [3.8, 4) is 0 Å². The van der Waals surface area contributed by atoms with Gasteiger partial charge in [0, 0.05) is 12.4 Å². The topological polar surface area (TPSA) is 29.1 Å². The fraction of sp³-hybridized carbons (Fsp3) is 0.182. The van der Waals surface area contributed by atoms with Crippen molar-refractivity contribution in [1.29, 1.82) is 0 Å². The Morgan fingerprint density at radius 1 is 1.44 bits per heavy atom. The predicted molar refractivity (Wildman–Crippen MR) is 63.6 cm³/mol. The lowest BCUT2D eigenvalue weighted by Gasteiger charge is -2.04. The number of amides is 1. The number of carbonyl (C=O) groups is 1. The van der Waals surface area contributed by atoms with Gasteiger partial charge in [-0.15, -0.1) is 11.6 Å². The minimum Gasteiger partial charge on any atom is -0.348 e. The van der Waals surface area contributed by atoms with Crippen LogP contribution in [0.2, 0.25) is 5.02 Å². The molecule has 0 aliphatic rings. The molecule has 0 aromatic heterocycles. The van der Waals surface area contributed by atoms with E-state index in [0.29, 0.717) is 12.4 Å². The van der Waals surface area contributed by atoms with E-state index >= 15 is 0 Å². The summed E-state index contributed by atoms with van der Waals surface area (Å²) in [5.74, 6) is -0.830. The lowest BCUT2D eigenvalue weighted by molar-refractivity contribution is 0.0954. The number of halogens is 3. The first-order valence-electron chi connectivity index (χ1n) is 4.60. The molecule has 16 heavy (non-hydrogen) atoms. The summed E-state index contributed by atoms with van der Waals surface area (Å²) in [6, 6.07) is 4.29. The summed E-state index contributed by atoms with van der Waals surface area (Å²) in [6.45, 7) is 0.303. The van der Waals surface area contributed by atoms with Gasteiger partial charge in [-0.3, -0.25) is 4.79 Å². The minimum absolute atomic E-state index is 0.0632. The molecule has 0 aliphatic carbocycles. The highest BCUT2D eigenvalue weighted by atomic mass is 35.5. The Morgan fingerprint density at radius 2 is 2.19 bits per heavy atom. The molecule has 0 fully saturated rings. The molecule has 2 nitrogen and oxygen atoms in total. The van der Waals surface area contributed by atoms with Crippen molar-refractivity contribution < 1.29 is 9.18 Å². The first-order valence-corrected chi connectivity index (χ1v) is 5.51. The molecule has 0 atom stereocenters. The van der Waals surface area contributed by atoms with Crippen molar-refractivity contribution in [3.05, 3.63) is 46.8 Å². The van der Waals surface area contributed by atoms with Crippen molar-refractivity contribution in [2.24, 2.45) is 0 Å². The molecule has 5 heteroatoms. The summed E-state index contributed by atoms with van der Waals surface area (Å²) in [7, 11) is 0. The largest absolute Gasteiger partial charge is 0.348 e. The highest BCUT2D eigenvalue weighted by Crippen LogP contribution is 2.17. The van der Waals surface area contributed by atoms with E-state index in [-0.39, 0.29) is 10.6 Å². The number of alkyl halides is 1. The van der Waals surface area contributed by atoms with Crippen LogP contribution >= 0.6 is 23.2 Å². The number of rotatable bonds is 4. The van der Waals surface area contributed by atoms with E-state index in [2.05, 4.69) is 5.32 Å². The van der Waals surface area contributed by atoms with E-state index in [1.807, 2.05) is 0 Å². The zero-order chi connectivity index (χ0) is 12.0. The Hall–Kier alpha value is -1.06. The quantitative estimate of drug-likeness (QED) is 0.655. The molecular weight excluding hydrogens is 252 g/mol. The normalized spacial score (nSPS) is 10.7. The van der Waals surface area contributed by atoms with Crippen LogP contribution in [0.1, 0.15) is 10.4 Å². The summed E-state index contributed by atoms with van der Waals surface area (Å²) < 4.78 is 13.4. The third kappa shape index (κ3) is 3.51. The van der Waals surface area contributed by atoms with E-state index < -0.39 is 11.7 Å². The van der Waals surface area contributed by atoms with Gasteiger partial charge in [0.05, 0.1) is 10.6 Å². The van der Waals surface area contributed by atoms with Crippen molar-refractivity contribution in [2.45, 2.75) is 0 Å². The van der Waals surface area contributed by atoms with Crippen LogP contribution in [0.25, 0.3) is 0 Å². The van der Waals surface area contributed by atoms with Crippen molar-refractivity contribution in [3.63, 3.8) is 0 Å². The van der Waals surface area contributed by atoms with Gasteiger partial charge in [0.1, 0.15) is 0 Å². The van der Waals surface area contributed by atoms with Crippen molar-refractivity contribution in [1.82, 2.24) is 5.32 Å². The Bertz CT molecular complexity index is 407. The van der Waals surface area contributed by atoms with Crippen LogP contribution in [-0.2, 0) is 0 Å². The Kier molecular flexibility index (Phi) is 5.29. The molecule has 0 radical (unpaired) electrons. The number of allylic oxidation sites excluding steroid dienone is 1. The average Bonchev–Trinajstić information content (AvgIpc) is 2.28. The fourth-order valence-corrected chi connectivity index (χ4v) is 1.37. The third-order valence-electron chi connectivity index (χ3n) is 1.83. The van der Waals surface area contributed by atoms with Crippen LogP contribution in [-0.4, -0.2) is 18.3 Å². The van der Waals surface area contributed by atoms with E-state index in [1.165, 1.54) is 18.2 Å². The Balaban J connectivity index is 2.66. The van der Waals surface area contributed by atoms with Crippen molar-refractivity contribution >= 4 is 29.1 Å². The monoisotopic (exact) mass is 261 g/mol. The predicted octanol–water partition coefficient (Wildman–Crippen LogP) is 3.00. The van der Waals surface area contributed by atoms with Gasteiger partial charge in [0.2, 0.25) is 0 Å². The summed E-state index contributed by atoms with van der Waals surface area (Å²) in [4.78, 5) is 11.5. The van der Waals surface area contributed by atoms with Gasteiger partial charge in [0.15, 0.2) is 5.82 Å². The molecular formula is C11H10Cl2FNO. The van der Waals surface area contributed by atoms with Crippen LogP contribution in [0.15, 0.2) is 30.4 Å². The van der Waals surface area contributed by atoms with Gasteiger partial charge >= 0.3 is 0 Å². The number of hydrogen-bond donors (Lipinski definition) is 1. The fourth-order valence-electron chi connectivity index (χ4n) is 1.07. The van der Waals surface area contributed by atoms with E-state index in [4.69, 9.17) is 23.2 Å². The van der Waals surface area contributed by atoms with Gasteiger partial charge in [-0.25, -0.2) is 4.39 Å². The summed E-state index contributed by atoms with van der Waals surface area (Å²) in [5, 5.41) is 2.45. The molecule has 0 unspecified atom stereocenters. The molecule has 1 N–H and O–H groups in total. The van der Waals surface area contributed by atoms with Crippen LogP contribution in [0, 0.1) is 5.82 Å². The number of nitrogens with one attached hydrogen (secondary N) is 1. The molecule has 1 aromatic rings. The standard InChI is InChI=1S/C11H10Cl2FNO/c12-6-1-2-7-15-11(16)8-4-3-5-9(13)10(8)14/h1-5H,6-7H2,(H,15,16)/b2-1+. The molecule has 1 rings (SSSR count). The molecule has 0 heterocycles. The maximum atomic E-state index is 13.4. The first-order chi connectivity index (χ1) is 7.66. The lowest BCUT2D eigenvalue weighted by atomic mass is 10.2. The zero-order valence-electron chi connectivity index (χ0n) is 8.34. The lowest BCUT2D eigenvalue weighted by Crippen LogP contribution is -2.24. The molecule has 0 aliphatic heterocycles. The molecule has 0 bridgehead atoms. The first kappa shape index (κ1) is 13.0. The summed E-state index contributed by atoms with van der Waals surface area (Å²) >= 11 is 11.0. The molecule has 0 saturated carbocycles. The van der Waals surface area contributed by atoms with E-state index in [0.717, 1.165) is 0 Å². The SMILES string of the molecule is O=C(NC/C=C/CCl)c1cccc(Cl)c1F. The number of hydrogen-bond acceptors (Lipinski definition) is 1. The van der Waals surface area contributed by atoms with E-state index in [1.54, 1.807) is 12.2 Å². The average molecular weight is 262 g/mol. The summed E-state index contributed by atoms with van der Waals surface area (Å²) in [5.41, 5.74) is -0.0632. The molecule has 0 saturated heterocycles. The highest BCUT2D eigenvalue weighted by Gasteiger charge is 2.12. The number of carbonyl (C=O) groups excluding carboxylic acids is 1. The van der Waals surface area contributed by atoms with Crippen LogP contribution in [0.5, 0.6) is 0 Å². The maximum absolute atomic E-state index is 13.4. The van der Waals surface area contributed by atoms with Gasteiger partial charge in [-0.1, -0.05) is 29.8 Å². The van der Waals surface area contributed by atoms with E-state index in [9.17, 15) is 9.18 Å². The van der Waals surface area contributed by atoms with Crippen LogP contribution < -0.4 is 5.32 Å². The molecule has 0 spiro atoms. The summed E-state index contributed by atoms with van der Waals surface area (Å²) in [6.07, 6.45) is 3.38. The second-order valence-electron chi connectivity index (χ2n) is 2.94. The van der Waals surface area contributed by atoms with Gasteiger partial charge in [-0.05, 0) is 12.1 Å². The molecule has 1 amide bonds. The smallest absolute Gasteiger partial charge is 0.254 e. The van der Waals surface area contributed by atoms with Crippen molar-refractivity contribution in [2.75, 3.05) is 12.4 Å². The van der Waals surface area contributed by atoms with Crippen LogP contribution in [0.4, 0.5) is 4.39 Å². The number of benzene rings is 1. The Labute approximate surface area is 103 Å². The zero-order valence-corrected chi connectivity index (χ0v) is 9.85. The third-order valence-corrected chi connectivity index (χ3v) is 2.30. The second kappa shape index (κ2) is 6.51. The van der Waals surface area contributed by atoms with Gasteiger partial charge < -0.3 is 5.32 Å². The molecule has 86 valence electrons. The second-order valence-corrected chi connectivity index (χ2v) is 3.65.